The first kappa shape index (κ1) is 6.07. The van der Waals surface area contributed by atoms with Crippen LogP contribution in [0.5, 0.6) is 0 Å². The Hall–Kier alpha value is -0.930. The molecule has 0 bridgehead atoms. The van der Waals surface area contributed by atoms with Crippen molar-refractivity contribution in [1.29, 1.82) is 10.5 Å². The molecule has 0 aliphatic carbocycles. The molecule has 0 saturated heterocycles. The lowest BCUT2D eigenvalue weighted by atomic mass is 10.5. The van der Waals surface area contributed by atoms with Gasteiger partial charge in [0, 0.05) is 6.08 Å². The highest BCUT2D eigenvalue weighted by Gasteiger charge is 1.77. The van der Waals surface area contributed by atoms with Gasteiger partial charge in [-0.3, -0.25) is 0 Å². The third kappa shape index (κ3) is 2.88. The van der Waals surface area contributed by atoms with E-state index in [9.17, 15) is 0 Å². The van der Waals surface area contributed by atoms with Gasteiger partial charge in [-0.25, -0.2) is 0 Å². The van der Waals surface area contributed by atoms with Crippen LogP contribution in [0.3, 0.4) is 0 Å². The smallest absolute Gasteiger partial charge is 0.107 e. The Balaban J connectivity index is 3.89. The van der Waals surface area contributed by atoms with Crippen molar-refractivity contribution in [1.82, 2.24) is 0 Å². The number of nitriles is 2. The number of hydrogen-bond acceptors (Lipinski definition) is 3. The van der Waals surface area contributed by atoms with Crippen molar-refractivity contribution in [2.24, 2.45) is 0 Å². The number of thiol groups is 1. The van der Waals surface area contributed by atoms with Gasteiger partial charge in [0.2, 0.25) is 0 Å². The van der Waals surface area contributed by atoms with Crippen LogP contribution in [0.4, 0.5) is 0 Å². The Morgan fingerprint density at radius 1 is 1.57 bits per heavy atom. The van der Waals surface area contributed by atoms with Crippen LogP contribution in [0.2, 0.25) is 0 Å². The first-order valence-electron chi connectivity index (χ1n) is 1.50. The number of allylic oxidation sites excluding steroid dienone is 2. The number of rotatable bonds is 0. The molecule has 0 aliphatic rings. The van der Waals surface area contributed by atoms with Gasteiger partial charge in [0.15, 0.2) is 0 Å². The lowest BCUT2D eigenvalue weighted by molar-refractivity contribution is 1.51. The lowest BCUT2D eigenvalue weighted by Crippen LogP contribution is -1.56. The topological polar surface area (TPSA) is 47.6 Å². The van der Waals surface area contributed by atoms with Crippen molar-refractivity contribution < 1.29 is 0 Å². The van der Waals surface area contributed by atoms with Gasteiger partial charge in [0.05, 0.1) is 11.0 Å². The van der Waals surface area contributed by atoms with E-state index in [2.05, 4.69) is 12.6 Å². The molecule has 0 atom stereocenters. The van der Waals surface area contributed by atoms with E-state index in [0.29, 0.717) is 0 Å². The second-order valence-corrected chi connectivity index (χ2v) is 1.25. The lowest BCUT2D eigenvalue weighted by Gasteiger charge is -1.67. The maximum atomic E-state index is 7.92. The van der Waals surface area contributed by atoms with Gasteiger partial charge >= 0.3 is 0 Å². The van der Waals surface area contributed by atoms with Gasteiger partial charge in [-0.15, -0.1) is 12.6 Å². The molecule has 0 saturated carbocycles. The van der Waals surface area contributed by atoms with E-state index < -0.39 is 0 Å². The predicted octanol–water partition coefficient (Wildman–Crippen LogP) is 0.847. The molecular formula is C4H2N2S. The van der Waals surface area contributed by atoms with Crippen LogP contribution in [-0.4, -0.2) is 0 Å². The largest absolute Gasteiger partial charge is 0.193 e. The van der Waals surface area contributed by atoms with E-state index in [1.54, 1.807) is 12.1 Å². The van der Waals surface area contributed by atoms with Crippen LogP contribution in [0, 0.1) is 22.7 Å². The van der Waals surface area contributed by atoms with Crippen molar-refractivity contribution in [2.75, 3.05) is 0 Å². The first-order chi connectivity index (χ1) is 3.31. The maximum Gasteiger partial charge on any atom is 0.107 e. The molecule has 0 aromatic rings. The molecule has 0 aliphatic heterocycles. The Kier molecular flexibility index (Phi) is 2.83. The monoisotopic (exact) mass is 110 g/mol. The van der Waals surface area contributed by atoms with Gasteiger partial charge in [0.1, 0.15) is 6.07 Å². The second kappa shape index (κ2) is 3.27. The normalized spacial score (nSPS) is 9.29. The van der Waals surface area contributed by atoms with Crippen LogP contribution >= 0.6 is 12.6 Å². The second-order valence-electron chi connectivity index (χ2n) is 0.770. The average molecular weight is 110 g/mol. The van der Waals surface area contributed by atoms with Crippen LogP contribution in [0.15, 0.2) is 11.0 Å². The number of nitrogens with zero attached hydrogens (tertiary/aromatic N) is 2. The molecule has 0 aromatic carbocycles. The molecule has 0 rings (SSSR count). The van der Waals surface area contributed by atoms with E-state index in [-0.39, 0.29) is 4.91 Å². The van der Waals surface area contributed by atoms with Crippen molar-refractivity contribution in [3.8, 4) is 12.1 Å². The van der Waals surface area contributed by atoms with E-state index >= 15 is 0 Å². The molecule has 0 unspecified atom stereocenters. The third-order valence-electron chi connectivity index (χ3n) is 0.316. The molecule has 0 heterocycles. The zero-order valence-corrected chi connectivity index (χ0v) is 4.31. The molecule has 3 heteroatoms. The van der Waals surface area contributed by atoms with E-state index in [0.717, 1.165) is 6.08 Å². The minimum Gasteiger partial charge on any atom is -0.193 e. The zero-order chi connectivity index (χ0) is 5.70. The summed E-state index contributed by atoms with van der Waals surface area (Å²) >= 11 is 3.59. The summed E-state index contributed by atoms with van der Waals surface area (Å²) in [4.78, 5) is 0.141. The van der Waals surface area contributed by atoms with Gasteiger partial charge < -0.3 is 0 Å². The summed E-state index contributed by atoms with van der Waals surface area (Å²) in [7, 11) is 0. The van der Waals surface area contributed by atoms with E-state index in [1.807, 2.05) is 0 Å². The Bertz CT molecular complexity index is 158. The van der Waals surface area contributed by atoms with Crippen molar-refractivity contribution in [3.63, 3.8) is 0 Å². The summed E-state index contributed by atoms with van der Waals surface area (Å²) in [6, 6.07) is 3.33. The molecule has 34 valence electrons. The van der Waals surface area contributed by atoms with E-state index in [4.69, 9.17) is 10.5 Å². The van der Waals surface area contributed by atoms with Gasteiger partial charge in [-0.2, -0.15) is 10.5 Å². The van der Waals surface area contributed by atoms with Gasteiger partial charge in [-0.05, 0) is 0 Å². The van der Waals surface area contributed by atoms with Crippen LogP contribution < -0.4 is 0 Å². The SMILES string of the molecule is N#CC=C(S)C#N. The number of hydrogen-bond donors (Lipinski definition) is 1. The van der Waals surface area contributed by atoms with Crippen LogP contribution in [0.25, 0.3) is 0 Å². The fraction of sp³-hybridized carbons (Fsp3) is 0. The molecule has 7 heavy (non-hydrogen) atoms. The fourth-order valence-electron chi connectivity index (χ4n) is 0.0934. The molecule has 0 N–H and O–H groups in total. The Labute approximate surface area is 47.1 Å². The fourth-order valence-corrected chi connectivity index (χ4v) is 0.151. The molecule has 0 fully saturated rings. The van der Waals surface area contributed by atoms with Crippen molar-refractivity contribution in [3.05, 3.63) is 11.0 Å². The summed E-state index contributed by atoms with van der Waals surface area (Å²) in [6.07, 6.45) is 1.07. The van der Waals surface area contributed by atoms with Crippen LogP contribution in [0.1, 0.15) is 0 Å². The van der Waals surface area contributed by atoms with Crippen LogP contribution in [-0.2, 0) is 0 Å². The molecule has 0 amide bonds. The standard InChI is InChI=1S/C4H2N2S/c5-2-1-4(7)3-6/h1,7H. The molecule has 0 aromatic heterocycles. The summed E-state index contributed by atoms with van der Waals surface area (Å²) in [5.74, 6) is 0. The summed E-state index contributed by atoms with van der Waals surface area (Å²) in [5.41, 5.74) is 0. The van der Waals surface area contributed by atoms with Gasteiger partial charge in [-0.1, -0.05) is 0 Å². The Morgan fingerprint density at radius 3 is 2.29 bits per heavy atom. The molecule has 0 radical (unpaired) electrons. The van der Waals surface area contributed by atoms with Crippen molar-refractivity contribution in [2.45, 2.75) is 0 Å². The first-order valence-corrected chi connectivity index (χ1v) is 1.95. The minimum absolute atomic E-state index is 0.141. The zero-order valence-electron chi connectivity index (χ0n) is 3.42. The quantitative estimate of drug-likeness (QED) is 0.371. The highest BCUT2D eigenvalue weighted by molar-refractivity contribution is 7.84. The average Bonchev–Trinajstić information content (AvgIpc) is 1.68. The highest BCUT2D eigenvalue weighted by atomic mass is 32.1. The summed E-state index contributed by atoms with van der Waals surface area (Å²) < 4.78 is 0. The minimum atomic E-state index is 0.141. The highest BCUT2D eigenvalue weighted by Crippen LogP contribution is 1.93. The molecular weight excluding hydrogens is 108 g/mol. The molecule has 2 nitrogen and oxygen atoms in total. The Morgan fingerprint density at radius 2 is 2.14 bits per heavy atom. The van der Waals surface area contributed by atoms with E-state index in [1.165, 1.54) is 0 Å². The van der Waals surface area contributed by atoms with Crippen molar-refractivity contribution >= 4 is 12.6 Å². The summed E-state index contributed by atoms with van der Waals surface area (Å²) in [5, 5.41) is 15.8. The third-order valence-corrected chi connectivity index (χ3v) is 0.545. The molecule has 0 spiro atoms. The predicted molar refractivity (Wildman–Crippen MR) is 28.3 cm³/mol. The summed E-state index contributed by atoms with van der Waals surface area (Å²) in [6.45, 7) is 0. The van der Waals surface area contributed by atoms with Gasteiger partial charge in [0.25, 0.3) is 0 Å². The maximum absolute atomic E-state index is 7.92.